The highest BCUT2D eigenvalue weighted by Gasteiger charge is 2.41. The van der Waals surface area contributed by atoms with Crippen LogP contribution in [-0.2, 0) is 9.53 Å². The van der Waals surface area contributed by atoms with Gasteiger partial charge in [0.05, 0.1) is 12.2 Å². The molecule has 0 aliphatic carbocycles. The Kier molecular flexibility index (Phi) is 10.4. The van der Waals surface area contributed by atoms with Crippen molar-refractivity contribution in [2.45, 2.75) is 76.7 Å². The summed E-state index contributed by atoms with van der Waals surface area (Å²) in [5.41, 5.74) is 0.0724. The van der Waals surface area contributed by atoms with Crippen LogP contribution in [-0.4, -0.2) is 23.3 Å². The molecule has 1 heterocycles. The van der Waals surface area contributed by atoms with Crippen LogP contribution in [0.2, 0.25) is 0 Å². The molecule has 1 atom stereocenters. The van der Waals surface area contributed by atoms with E-state index in [1.54, 1.807) is 0 Å². The lowest BCUT2D eigenvalue weighted by Gasteiger charge is -2.04. The fourth-order valence-electron chi connectivity index (χ4n) is 2.41. The van der Waals surface area contributed by atoms with Crippen LogP contribution in [0.1, 0.15) is 71.1 Å². The van der Waals surface area contributed by atoms with E-state index in [-0.39, 0.29) is 12.0 Å². The SMILES string of the molecule is CCCCC/C=C\CC1(C/C=C\C/C=C\CCCC(=O)O)CO1. The van der Waals surface area contributed by atoms with Crippen LogP contribution in [0.4, 0.5) is 0 Å². The molecule has 0 saturated carbocycles. The van der Waals surface area contributed by atoms with Crippen LogP contribution < -0.4 is 0 Å². The zero-order valence-electron chi connectivity index (χ0n) is 14.5. The fourth-order valence-corrected chi connectivity index (χ4v) is 2.41. The Morgan fingerprint density at radius 2 is 1.61 bits per heavy atom. The molecule has 130 valence electrons. The van der Waals surface area contributed by atoms with Gasteiger partial charge in [-0.05, 0) is 44.9 Å². The van der Waals surface area contributed by atoms with Gasteiger partial charge in [0.25, 0.3) is 0 Å². The molecule has 0 radical (unpaired) electrons. The summed E-state index contributed by atoms with van der Waals surface area (Å²) in [4.78, 5) is 10.4. The lowest BCUT2D eigenvalue weighted by atomic mass is 10.0. The van der Waals surface area contributed by atoms with Crippen molar-refractivity contribution in [3.8, 4) is 0 Å². The van der Waals surface area contributed by atoms with Gasteiger partial charge in [-0.3, -0.25) is 4.79 Å². The third kappa shape index (κ3) is 10.9. The molecule has 0 amide bonds. The molecule has 23 heavy (non-hydrogen) atoms. The molecule has 3 heteroatoms. The average molecular weight is 320 g/mol. The first-order chi connectivity index (χ1) is 11.2. The lowest BCUT2D eigenvalue weighted by molar-refractivity contribution is -0.137. The van der Waals surface area contributed by atoms with E-state index in [1.165, 1.54) is 25.7 Å². The first-order valence-corrected chi connectivity index (χ1v) is 8.99. The Labute approximate surface area is 141 Å². The zero-order valence-corrected chi connectivity index (χ0v) is 14.5. The number of carboxylic acid groups (broad SMARTS) is 1. The summed E-state index contributed by atoms with van der Waals surface area (Å²) in [7, 11) is 0. The van der Waals surface area contributed by atoms with E-state index >= 15 is 0 Å². The van der Waals surface area contributed by atoms with Crippen molar-refractivity contribution in [3.05, 3.63) is 36.5 Å². The van der Waals surface area contributed by atoms with Crippen LogP contribution in [0.15, 0.2) is 36.5 Å². The molecule has 0 bridgehead atoms. The smallest absolute Gasteiger partial charge is 0.303 e. The van der Waals surface area contributed by atoms with Crippen molar-refractivity contribution in [1.29, 1.82) is 0 Å². The highest BCUT2D eigenvalue weighted by atomic mass is 16.6. The van der Waals surface area contributed by atoms with Gasteiger partial charge in [-0.2, -0.15) is 0 Å². The molecule has 0 spiro atoms. The third-order valence-electron chi connectivity index (χ3n) is 4.04. The van der Waals surface area contributed by atoms with Gasteiger partial charge in [0.1, 0.15) is 0 Å². The Balaban J connectivity index is 2.05. The van der Waals surface area contributed by atoms with Gasteiger partial charge in [0, 0.05) is 6.42 Å². The first-order valence-electron chi connectivity index (χ1n) is 8.99. The van der Waals surface area contributed by atoms with E-state index < -0.39 is 5.97 Å². The summed E-state index contributed by atoms with van der Waals surface area (Å²) in [5.74, 6) is -0.715. The number of hydrogen-bond acceptors (Lipinski definition) is 2. The molecule has 3 nitrogen and oxygen atoms in total. The number of rotatable bonds is 14. The quantitative estimate of drug-likeness (QED) is 0.264. The maximum atomic E-state index is 10.4. The van der Waals surface area contributed by atoms with Gasteiger partial charge >= 0.3 is 5.97 Å². The van der Waals surface area contributed by atoms with Crippen LogP contribution in [0.5, 0.6) is 0 Å². The second-order valence-corrected chi connectivity index (χ2v) is 6.31. The normalized spacial score (nSPS) is 20.9. The molecular formula is C20H32O3. The van der Waals surface area contributed by atoms with E-state index in [9.17, 15) is 4.79 Å². The van der Waals surface area contributed by atoms with Crippen LogP contribution in [0, 0.1) is 0 Å². The summed E-state index contributed by atoms with van der Waals surface area (Å²) >= 11 is 0. The summed E-state index contributed by atoms with van der Waals surface area (Å²) in [6.07, 6.45) is 22.9. The van der Waals surface area contributed by atoms with Crippen LogP contribution >= 0.6 is 0 Å². The minimum absolute atomic E-state index is 0.0724. The number of allylic oxidation sites excluding steroid dienone is 4. The van der Waals surface area contributed by atoms with Crippen LogP contribution in [0.3, 0.4) is 0 Å². The van der Waals surface area contributed by atoms with E-state index in [0.29, 0.717) is 0 Å². The van der Waals surface area contributed by atoms with Crippen molar-refractivity contribution in [2.24, 2.45) is 0 Å². The molecule has 1 fully saturated rings. The van der Waals surface area contributed by atoms with Gasteiger partial charge in [-0.1, -0.05) is 56.2 Å². The van der Waals surface area contributed by atoms with Gasteiger partial charge < -0.3 is 9.84 Å². The molecule has 1 rings (SSSR count). The van der Waals surface area contributed by atoms with E-state index in [0.717, 1.165) is 38.7 Å². The van der Waals surface area contributed by atoms with Crippen LogP contribution in [0.25, 0.3) is 0 Å². The molecule has 1 aliphatic heterocycles. The monoisotopic (exact) mass is 320 g/mol. The Hall–Kier alpha value is -1.35. The Bertz CT molecular complexity index is 403. The second-order valence-electron chi connectivity index (χ2n) is 6.31. The molecule has 0 aromatic heterocycles. The third-order valence-corrected chi connectivity index (χ3v) is 4.04. The molecule has 1 N–H and O–H groups in total. The molecule has 1 unspecified atom stereocenters. The fraction of sp³-hybridized carbons (Fsp3) is 0.650. The minimum Gasteiger partial charge on any atom is -0.481 e. The summed E-state index contributed by atoms with van der Waals surface area (Å²) in [6.45, 7) is 3.11. The minimum atomic E-state index is -0.715. The maximum absolute atomic E-state index is 10.4. The number of hydrogen-bond donors (Lipinski definition) is 1. The molecule has 0 aromatic carbocycles. The van der Waals surface area contributed by atoms with Crippen molar-refractivity contribution in [2.75, 3.05) is 6.61 Å². The Morgan fingerprint density at radius 3 is 2.26 bits per heavy atom. The van der Waals surface area contributed by atoms with Gasteiger partial charge in [-0.25, -0.2) is 0 Å². The van der Waals surface area contributed by atoms with Gasteiger partial charge in [0.2, 0.25) is 0 Å². The highest BCUT2D eigenvalue weighted by Crippen LogP contribution is 2.35. The maximum Gasteiger partial charge on any atom is 0.303 e. The second kappa shape index (κ2) is 12.1. The van der Waals surface area contributed by atoms with Crippen molar-refractivity contribution in [3.63, 3.8) is 0 Å². The van der Waals surface area contributed by atoms with Gasteiger partial charge in [0.15, 0.2) is 0 Å². The van der Waals surface area contributed by atoms with Gasteiger partial charge in [-0.15, -0.1) is 0 Å². The number of epoxide rings is 1. The number of carbonyl (C=O) groups is 1. The molecule has 0 aromatic rings. The van der Waals surface area contributed by atoms with E-state index in [2.05, 4.69) is 43.4 Å². The summed E-state index contributed by atoms with van der Waals surface area (Å²) < 4.78 is 5.63. The van der Waals surface area contributed by atoms with E-state index in [4.69, 9.17) is 9.84 Å². The Morgan fingerprint density at radius 1 is 1.00 bits per heavy atom. The number of aliphatic carboxylic acids is 1. The van der Waals surface area contributed by atoms with Crippen molar-refractivity contribution >= 4 is 5.97 Å². The molecule has 1 aliphatic rings. The zero-order chi connectivity index (χ0) is 16.8. The summed E-state index contributed by atoms with van der Waals surface area (Å²) in [5, 5.41) is 8.53. The summed E-state index contributed by atoms with van der Waals surface area (Å²) in [6, 6.07) is 0. The number of carboxylic acids is 1. The molecular weight excluding hydrogens is 288 g/mol. The van der Waals surface area contributed by atoms with E-state index in [1.807, 2.05) is 0 Å². The average Bonchev–Trinajstić information content (AvgIpc) is 3.29. The largest absolute Gasteiger partial charge is 0.481 e. The standard InChI is InChI=1S/C20H32O3/c1-2-3-4-5-10-13-16-20(18-23-20)17-14-11-8-6-7-9-12-15-19(21)22/h6-7,10-11,13-14H,2-5,8-9,12,15-18H2,1H3,(H,21,22)/b7-6-,13-10-,14-11-. The lowest BCUT2D eigenvalue weighted by Crippen LogP contribution is -2.07. The topological polar surface area (TPSA) is 49.8 Å². The molecule has 1 saturated heterocycles. The first kappa shape index (κ1) is 19.7. The van der Waals surface area contributed by atoms with Crippen molar-refractivity contribution < 1.29 is 14.6 Å². The van der Waals surface area contributed by atoms with Crippen molar-refractivity contribution in [1.82, 2.24) is 0 Å². The number of ether oxygens (including phenoxy) is 1. The predicted octanol–water partition coefficient (Wildman–Crippen LogP) is 5.43. The highest BCUT2D eigenvalue weighted by molar-refractivity contribution is 5.66. The number of unbranched alkanes of at least 4 members (excludes halogenated alkanes) is 4. The predicted molar refractivity (Wildman–Crippen MR) is 95.6 cm³/mol.